The second kappa shape index (κ2) is 16.3. The number of benzene rings is 5. The molecule has 0 radical (unpaired) electrons. The Morgan fingerprint density at radius 2 is 1.62 bits per heavy atom. The van der Waals surface area contributed by atoms with Crippen molar-refractivity contribution >= 4 is 16.9 Å². The van der Waals surface area contributed by atoms with Crippen LogP contribution in [-0.4, -0.2) is 42.4 Å². The first-order chi connectivity index (χ1) is 24.3. The summed E-state index contributed by atoms with van der Waals surface area (Å²) in [5, 5.41) is 14.9. The fourth-order valence-electron chi connectivity index (χ4n) is 6.62. The standard InChI is InChI=1S/C43H46N2O5/c1-5-24-48-43(47)44-26-38-12-8-9-13-39(38)33-19-21-35(22-20-33)42-49-40(29(2)41(50-42)34-16-14-31(28-46)15-17-34)27-45(4)30(3)36-23-18-32-10-6-7-11-37(32)25-36/h5-23,25,29-30,40-42,46H,1,24,26-28H2,2-4H3,(H,44,47). The van der Waals surface area contributed by atoms with Crippen molar-refractivity contribution < 1.29 is 24.1 Å². The summed E-state index contributed by atoms with van der Waals surface area (Å²) in [6.45, 7) is 9.24. The Bertz CT molecular complexity index is 1890. The van der Waals surface area contributed by atoms with E-state index in [9.17, 15) is 9.90 Å². The van der Waals surface area contributed by atoms with Gasteiger partial charge in [-0.05, 0) is 64.2 Å². The third-order valence-electron chi connectivity index (χ3n) is 9.78. The summed E-state index contributed by atoms with van der Waals surface area (Å²) < 4.78 is 18.6. The minimum atomic E-state index is -0.575. The van der Waals surface area contributed by atoms with E-state index < -0.39 is 12.4 Å². The molecule has 5 atom stereocenters. The number of rotatable bonds is 12. The van der Waals surface area contributed by atoms with Crippen molar-refractivity contribution in [1.82, 2.24) is 10.2 Å². The smallest absolute Gasteiger partial charge is 0.407 e. The largest absolute Gasteiger partial charge is 0.445 e. The molecule has 1 saturated heterocycles. The number of amides is 1. The van der Waals surface area contributed by atoms with Gasteiger partial charge in [0.1, 0.15) is 6.61 Å². The quantitative estimate of drug-likeness (QED) is 0.129. The lowest BCUT2D eigenvalue weighted by atomic mass is 9.89. The first-order valence-electron chi connectivity index (χ1n) is 17.2. The highest BCUT2D eigenvalue weighted by atomic mass is 16.7. The van der Waals surface area contributed by atoms with Crippen LogP contribution in [0.25, 0.3) is 21.9 Å². The van der Waals surface area contributed by atoms with E-state index in [0.29, 0.717) is 13.1 Å². The van der Waals surface area contributed by atoms with Crippen molar-refractivity contribution in [2.75, 3.05) is 20.2 Å². The van der Waals surface area contributed by atoms with Crippen molar-refractivity contribution in [3.8, 4) is 11.1 Å². The van der Waals surface area contributed by atoms with Gasteiger partial charge in [0.2, 0.25) is 0 Å². The lowest BCUT2D eigenvalue weighted by molar-refractivity contribution is -0.276. The zero-order valence-electron chi connectivity index (χ0n) is 29.0. The molecule has 0 aromatic heterocycles. The number of carbonyl (C=O) groups excluding carboxylic acids is 1. The Kier molecular flexibility index (Phi) is 11.4. The van der Waals surface area contributed by atoms with Gasteiger partial charge in [0, 0.05) is 30.6 Å². The van der Waals surface area contributed by atoms with Crippen LogP contribution >= 0.6 is 0 Å². The zero-order chi connectivity index (χ0) is 35.0. The Balaban J connectivity index is 1.23. The van der Waals surface area contributed by atoms with Crippen molar-refractivity contribution in [3.63, 3.8) is 0 Å². The van der Waals surface area contributed by atoms with Crippen LogP contribution in [-0.2, 0) is 27.4 Å². The van der Waals surface area contributed by atoms with Crippen LogP contribution in [0.5, 0.6) is 0 Å². The number of likely N-dealkylation sites (N-methyl/N-ethyl adjacent to an activating group) is 1. The number of aliphatic hydroxyl groups is 1. The highest BCUT2D eigenvalue weighted by Crippen LogP contribution is 2.42. The summed E-state index contributed by atoms with van der Waals surface area (Å²) >= 11 is 0. The number of hydrogen-bond acceptors (Lipinski definition) is 6. The molecule has 5 aromatic carbocycles. The first kappa shape index (κ1) is 35.1. The second-order valence-electron chi connectivity index (χ2n) is 13.1. The van der Waals surface area contributed by atoms with E-state index >= 15 is 0 Å². The van der Waals surface area contributed by atoms with E-state index in [-0.39, 0.29) is 37.4 Å². The summed E-state index contributed by atoms with van der Waals surface area (Å²) in [5.74, 6) is 0.0642. The van der Waals surface area contributed by atoms with Crippen LogP contribution in [0.3, 0.4) is 0 Å². The fourth-order valence-corrected chi connectivity index (χ4v) is 6.62. The SMILES string of the molecule is C=CCOC(=O)NCc1ccccc1-c1ccc(C2OC(CN(C)C(C)c3ccc4ccccc4c3)C(C)C(c3ccc(CO)cc3)O2)cc1. The van der Waals surface area contributed by atoms with E-state index in [1.807, 2.05) is 36.4 Å². The molecule has 1 heterocycles. The molecular formula is C43H46N2O5. The third-order valence-corrected chi connectivity index (χ3v) is 9.78. The van der Waals surface area contributed by atoms with Crippen LogP contribution in [0.4, 0.5) is 4.79 Å². The van der Waals surface area contributed by atoms with Gasteiger partial charge >= 0.3 is 6.09 Å². The van der Waals surface area contributed by atoms with Crippen molar-refractivity contribution in [2.45, 2.75) is 51.5 Å². The van der Waals surface area contributed by atoms with Crippen LogP contribution in [0.2, 0.25) is 0 Å². The Morgan fingerprint density at radius 1 is 0.920 bits per heavy atom. The van der Waals surface area contributed by atoms with Crippen molar-refractivity contribution in [2.24, 2.45) is 5.92 Å². The van der Waals surface area contributed by atoms with Gasteiger partial charge in [0.05, 0.1) is 18.8 Å². The first-order valence-corrected chi connectivity index (χ1v) is 17.2. The number of carbonyl (C=O) groups is 1. The topological polar surface area (TPSA) is 80.3 Å². The van der Waals surface area contributed by atoms with Gasteiger partial charge in [-0.3, -0.25) is 4.90 Å². The summed E-state index contributed by atoms with van der Waals surface area (Å²) in [6, 6.07) is 39.6. The van der Waals surface area contributed by atoms with Gasteiger partial charge in [0.25, 0.3) is 0 Å². The maximum Gasteiger partial charge on any atom is 0.407 e. The number of hydrogen-bond donors (Lipinski definition) is 2. The van der Waals surface area contributed by atoms with Crippen LogP contribution in [0.15, 0.2) is 128 Å². The number of aliphatic hydroxyl groups excluding tert-OH is 1. The minimum Gasteiger partial charge on any atom is -0.445 e. The fraction of sp³-hybridized carbons (Fsp3) is 0.279. The number of nitrogens with zero attached hydrogens (tertiary/aromatic N) is 1. The maximum atomic E-state index is 12.1. The van der Waals surface area contributed by atoms with Crippen LogP contribution < -0.4 is 5.32 Å². The number of nitrogens with one attached hydrogen (secondary N) is 1. The number of fused-ring (bicyclic) bond motifs is 1. The van der Waals surface area contributed by atoms with E-state index in [1.165, 1.54) is 22.4 Å². The monoisotopic (exact) mass is 670 g/mol. The summed E-state index contributed by atoms with van der Waals surface area (Å²) in [6.07, 6.45) is 0.161. The van der Waals surface area contributed by atoms with Gasteiger partial charge in [-0.1, -0.05) is 129 Å². The Morgan fingerprint density at radius 3 is 2.36 bits per heavy atom. The zero-order valence-corrected chi connectivity index (χ0v) is 29.0. The molecule has 0 spiro atoms. The van der Waals surface area contributed by atoms with Crippen LogP contribution in [0, 0.1) is 5.92 Å². The average molecular weight is 671 g/mol. The number of alkyl carbamates (subject to hydrolysis) is 1. The Hall–Kier alpha value is -4.79. The van der Waals surface area contributed by atoms with Gasteiger partial charge in [-0.15, -0.1) is 0 Å². The van der Waals surface area contributed by atoms with E-state index in [2.05, 4.69) is 117 Å². The highest BCUT2D eigenvalue weighted by Gasteiger charge is 2.39. The molecule has 258 valence electrons. The average Bonchev–Trinajstić information content (AvgIpc) is 3.16. The van der Waals surface area contributed by atoms with Crippen molar-refractivity contribution in [3.05, 3.63) is 156 Å². The minimum absolute atomic E-state index is 0.00187. The molecule has 1 amide bonds. The third kappa shape index (κ3) is 8.15. The molecule has 5 aromatic rings. The highest BCUT2D eigenvalue weighted by molar-refractivity contribution is 5.83. The van der Waals surface area contributed by atoms with Gasteiger partial charge in [-0.25, -0.2) is 4.79 Å². The predicted molar refractivity (Wildman–Crippen MR) is 198 cm³/mol. The molecule has 0 saturated carbocycles. The van der Waals surface area contributed by atoms with Crippen molar-refractivity contribution in [1.29, 1.82) is 0 Å². The van der Waals surface area contributed by atoms with E-state index in [0.717, 1.165) is 33.4 Å². The molecule has 0 aliphatic carbocycles. The second-order valence-corrected chi connectivity index (χ2v) is 13.1. The molecule has 7 heteroatoms. The van der Waals surface area contributed by atoms with Gasteiger partial charge in [0.15, 0.2) is 6.29 Å². The normalized spacial score (nSPS) is 19.6. The molecule has 7 nitrogen and oxygen atoms in total. The molecule has 1 aliphatic rings. The van der Waals surface area contributed by atoms with Gasteiger partial charge in [-0.2, -0.15) is 0 Å². The Labute approximate surface area is 295 Å². The summed E-state index contributed by atoms with van der Waals surface area (Å²) in [7, 11) is 2.16. The molecule has 6 rings (SSSR count). The lowest BCUT2D eigenvalue weighted by Gasteiger charge is -2.43. The van der Waals surface area contributed by atoms with E-state index in [4.69, 9.17) is 14.2 Å². The van der Waals surface area contributed by atoms with Gasteiger partial charge < -0.3 is 24.6 Å². The maximum absolute atomic E-state index is 12.1. The molecule has 0 bridgehead atoms. The molecule has 50 heavy (non-hydrogen) atoms. The van der Waals surface area contributed by atoms with E-state index in [1.54, 1.807) is 0 Å². The lowest BCUT2D eigenvalue weighted by Crippen LogP contribution is -2.44. The molecule has 1 fully saturated rings. The predicted octanol–water partition coefficient (Wildman–Crippen LogP) is 8.90. The summed E-state index contributed by atoms with van der Waals surface area (Å²) in [4.78, 5) is 14.4. The summed E-state index contributed by atoms with van der Waals surface area (Å²) in [5.41, 5.74) is 7.13. The number of ether oxygens (including phenoxy) is 3. The molecule has 2 N–H and O–H groups in total. The molecular weight excluding hydrogens is 624 g/mol. The molecule has 5 unspecified atom stereocenters. The van der Waals surface area contributed by atoms with Crippen LogP contribution in [0.1, 0.15) is 60.1 Å². The molecule has 1 aliphatic heterocycles.